The van der Waals surface area contributed by atoms with Crippen molar-refractivity contribution in [2.45, 2.75) is 26.5 Å². The van der Waals surface area contributed by atoms with Crippen molar-refractivity contribution in [2.75, 3.05) is 24.5 Å². The number of carbonyl (C=O) groups is 4. The third kappa shape index (κ3) is 6.66. The lowest BCUT2D eigenvalue weighted by atomic mass is 10.0. The number of anilines is 1. The van der Waals surface area contributed by atoms with Gasteiger partial charge in [0.1, 0.15) is 11.9 Å². The van der Waals surface area contributed by atoms with E-state index in [-0.39, 0.29) is 31.1 Å². The minimum Gasteiger partial charge on any atom is -0.442 e. The highest BCUT2D eigenvalue weighted by molar-refractivity contribution is 6.00. The zero-order chi connectivity index (χ0) is 26.2. The number of benzene rings is 2. The molecule has 0 aliphatic carbocycles. The molecule has 190 valence electrons. The molecule has 3 rings (SSSR count). The lowest BCUT2D eigenvalue weighted by molar-refractivity contribution is -0.122. The van der Waals surface area contributed by atoms with Gasteiger partial charge in [0.05, 0.1) is 18.8 Å². The number of halogens is 1. The fourth-order valence-corrected chi connectivity index (χ4v) is 3.68. The number of nitrogens with two attached hydrogens (primary N) is 1. The van der Waals surface area contributed by atoms with Gasteiger partial charge in [-0.15, -0.1) is 0 Å². The number of ether oxygens (including phenoxy) is 1. The molecule has 36 heavy (non-hydrogen) atoms. The van der Waals surface area contributed by atoms with E-state index in [0.717, 1.165) is 5.56 Å². The molecule has 0 spiro atoms. The zero-order valence-corrected chi connectivity index (χ0v) is 20.0. The predicted octanol–water partition coefficient (Wildman–Crippen LogP) is 1.55. The van der Waals surface area contributed by atoms with E-state index in [1.165, 1.54) is 17.9 Å². The number of hydrogen-bond donors (Lipinski definition) is 4. The first kappa shape index (κ1) is 26.4. The van der Waals surface area contributed by atoms with E-state index >= 15 is 0 Å². The fourth-order valence-electron chi connectivity index (χ4n) is 3.68. The van der Waals surface area contributed by atoms with Crippen molar-refractivity contribution in [2.24, 2.45) is 5.73 Å². The molecule has 1 atom stereocenters. The third-order valence-corrected chi connectivity index (χ3v) is 5.55. The molecule has 2 aromatic rings. The molecule has 1 heterocycles. The average Bonchev–Trinajstić information content (AvgIpc) is 3.21. The van der Waals surface area contributed by atoms with Gasteiger partial charge in [-0.3, -0.25) is 24.6 Å². The molecule has 1 aliphatic rings. The standard InChI is InChI=1S/C25H28FN5O5/c1-15(27)22(24(34)30-14-32)12-28-10-17-3-5-18(6-4-17)21-8-7-19(9-23(21)26)31-13-20(36-25(31)35)11-29-16(2)33/h3-9,14,20,28H,10-13,27H2,1-2H3,(H,29,33)(H,30,32,34)/b22-15-/t20-/m0/s1. The van der Waals surface area contributed by atoms with E-state index in [2.05, 4.69) is 16.0 Å². The van der Waals surface area contributed by atoms with Crippen LogP contribution < -0.4 is 26.6 Å². The normalized spacial score (nSPS) is 15.7. The molecular weight excluding hydrogens is 469 g/mol. The van der Waals surface area contributed by atoms with Crippen LogP contribution >= 0.6 is 0 Å². The van der Waals surface area contributed by atoms with Crippen LogP contribution in [0.3, 0.4) is 0 Å². The molecule has 0 bridgehead atoms. The van der Waals surface area contributed by atoms with Crippen molar-refractivity contribution < 1.29 is 28.3 Å². The van der Waals surface area contributed by atoms with Crippen molar-refractivity contribution in [3.8, 4) is 11.1 Å². The van der Waals surface area contributed by atoms with Crippen LogP contribution in [0.1, 0.15) is 19.4 Å². The topological polar surface area (TPSA) is 143 Å². The molecule has 0 aromatic heterocycles. The Hall–Kier alpha value is -4.25. The number of nitrogens with zero attached hydrogens (tertiary/aromatic N) is 1. The van der Waals surface area contributed by atoms with Gasteiger partial charge in [0.15, 0.2) is 0 Å². The van der Waals surface area contributed by atoms with Crippen LogP contribution in [0.25, 0.3) is 11.1 Å². The quantitative estimate of drug-likeness (QED) is 0.288. The van der Waals surface area contributed by atoms with Gasteiger partial charge < -0.3 is 21.1 Å². The number of nitrogens with one attached hydrogen (secondary N) is 3. The summed E-state index contributed by atoms with van der Waals surface area (Å²) in [4.78, 5) is 46.9. The second-order valence-corrected chi connectivity index (χ2v) is 8.27. The summed E-state index contributed by atoms with van der Waals surface area (Å²) >= 11 is 0. The Balaban J connectivity index is 1.62. The van der Waals surface area contributed by atoms with Crippen LogP contribution in [0.2, 0.25) is 0 Å². The number of cyclic esters (lactones) is 1. The van der Waals surface area contributed by atoms with Gasteiger partial charge in [0.2, 0.25) is 12.3 Å². The number of carbonyl (C=O) groups excluding carboxylic acids is 4. The van der Waals surface area contributed by atoms with Gasteiger partial charge in [-0.1, -0.05) is 24.3 Å². The van der Waals surface area contributed by atoms with Crippen LogP contribution in [0.15, 0.2) is 53.7 Å². The maximum Gasteiger partial charge on any atom is 0.414 e. The zero-order valence-electron chi connectivity index (χ0n) is 20.0. The Kier molecular flexibility index (Phi) is 8.74. The Bertz CT molecular complexity index is 1180. The summed E-state index contributed by atoms with van der Waals surface area (Å²) in [6.07, 6.45) is -0.803. The van der Waals surface area contributed by atoms with Gasteiger partial charge in [-0.2, -0.15) is 0 Å². The maximum absolute atomic E-state index is 14.9. The molecule has 10 nitrogen and oxygen atoms in total. The third-order valence-electron chi connectivity index (χ3n) is 5.55. The minimum atomic E-state index is -0.596. The Morgan fingerprint density at radius 2 is 1.92 bits per heavy atom. The van der Waals surface area contributed by atoms with Crippen molar-refractivity contribution in [1.82, 2.24) is 16.0 Å². The van der Waals surface area contributed by atoms with Crippen LogP contribution in [-0.2, 0) is 25.7 Å². The average molecular weight is 498 g/mol. The van der Waals surface area contributed by atoms with Gasteiger partial charge in [0, 0.05) is 36.8 Å². The lowest BCUT2D eigenvalue weighted by Crippen LogP contribution is -2.33. The first-order chi connectivity index (χ1) is 17.2. The smallest absolute Gasteiger partial charge is 0.414 e. The van der Waals surface area contributed by atoms with Crippen molar-refractivity contribution in [1.29, 1.82) is 0 Å². The van der Waals surface area contributed by atoms with Crippen LogP contribution in [0, 0.1) is 5.82 Å². The summed E-state index contributed by atoms with van der Waals surface area (Å²) in [5, 5.41) is 7.76. The van der Waals surface area contributed by atoms with E-state index < -0.39 is 23.9 Å². The van der Waals surface area contributed by atoms with E-state index in [9.17, 15) is 23.6 Å². The maximum atomic E-state index is 14.9. The SMILES string of the molecule is CC(=O)NC[C@H]1CN(c2ccc(-c3ccc(CNC/C(C(=O)NC=O)=C(\C)N)cc3)c(F)c2)C(=O)O1. The summed E-state index contributed by atoms with van der Waals surface area (Å²) in [5.41, 5.74) is 8.58. The monoisotopic (exact) mass is 497 g/mol. The highest BCUT2D eigenvalue weighted by atomic mass is 19.1. The molecule has 1 fully saturated rings. The molecule has 5 N–H and O–H groups in total. The minimum absolute atomic E-state index is 0.171. The summed E-state index contributed by atoms with van der Waals surface area (Å²) in [5.74, 6) is -1.28. The summed E-state index contributed by atoms with van der Waals surface area (Å²) in [7, 11) is 0. The van der Waals surface area contributed by atoms with Crippen molar-refractivity contribution in [3.63, 3.8) is 0 Å². The van der Waals surface area contributed by atoms with Crippen LogP contribution in [-0.4, -0.2) is 50.1 Å². The van der Waals surface area contributed by atoms with E-state index in [4.69, 9.17) is 10.5 Å². The second kappa shape index (κ2) is 11.9. The summed E-state index contributed by atoms with van der Waals surface area (Å²) in [6.45, 7) is 3.94. The molecule has 11 heteroatoms. The van der Waals surface area contributed by atoms with E-state index in [0.29, 0.717) is 35.5 Å². The van der Waals surface area contributed by atoms with Crippen LogP contribution in [0.4, 0.5) is 14.9 Å². The Labute approximate surface area is 207 Å². The Morgan fingerprint density at radius 3 is 2.53 bits per heavy atom. The fraction of sp³-hybridized carbons (Fsp3) is 0.280. The van der Waals surface area contributed by atoms with Gasteiger partial charge in [0.25, 0.3) is 5.91 Å². The van der Waals surface area contributed by atoms with Gasteiger partial charge >= 0.3 is 6.09 Å². The highest BCUT2D eigenvalue weighted by Gasteiger charge is 2.32. The summed E-state index contributed by atoms with van der Waals surface area (Å²) < 4.78 is 20.2. The van der Waals surface area contributed by atoms with Crippen molar-refractivity contribution in [3.05, 3.63) is 65.1 Å². The molecular formula is C25H28FN5O5. The predicted molar refractivity (Wildman–Crippen MR) is 131 cm³/mol. The van der Waals surface area contributed by atoms with Gasteiger partial charge in [-0.05, 0) is 36.2 Å². The molecule has 1 saturated heterocycles. The molecule has 1 aliphatic heterocycles. The summed E-state index contributed by atoms with van der Waals surface area (Å²) in [6, 6.07) is 11.7. The largest absolute Gasteiger partial charge is 0.442 e. The first-order valence-electron chi connectivity index (χ1n) is 11.2. The number of amides is 4. The Morgan fingerprint density at radius 1 is 1.19 bits per heavy atom. The lowest BCUT2D eigenvalue weighted by Gasteiger charge is -2.15. The molecule has 4 amide bonds. The van der Waals surface area contributed by atoms with Crippen LogP contribution in [0.5, 0.6) is 0 Å². The van der Waals surface area contributed by atoms with E-state index in [1.807, 2.05) is 12.1 Å². The molecule has 0 radical (unpaired) electrons. The number of imide groups is 1. The molecule has 2 aromatic carbocycles. The van der Waals surface area contributed by atoms with Crippen molar-refractivity contribution >= 4 is 30.0 Å². The molecule has 0 saturated carbocycles. The molecule has 0 unspecified atom stereocenters. The second-order valence-electron chi connectivity index (χ2n) is 8.27. The number of hydrogen-bond acceptors (Lipinski definition) is 7. The highest BCUT2D eigenvalue weighted by Crippen LogP contribution is 2.29. The number of allylic oxidation sites excluding steroid dienone is 1. The van der Waals surface area contributed by atoms with Gasteiger partial charge in [-0.25, -0.2) is 9.18 Å². The number of rotatable bonds is 10. The van der Waals surface area contributed by atoms with E-state index in [1.54, 1.807) is 31.2 Å². The first-order valence-corrected chi connectivity index (χ1v) is 11.2.